The van der Waals surface area contributed by atoms with Crippen LogP contribution in [0.4, 0.5) is 0 Å². The van der Waals surface area contributed by atoms with E-state index < -0.39 is 0 Å². The number of para-hydroxylation sites is 1. The Morgan fingerprint density at radius 1 is 1.11 bits per heavy atom. The van der Waals surface area contributed by atoms with Crippen molar-refractivity contribution in [2.75, 3.05) is 0 Å². The third kappa shape index (κ3) is 3.00. The molecule has 2 aromatic rings. The topological polar surface area (TPSA) is 22.0 Å². The normalized spacial score (nSPS) is 10.0. The molecule has 18 heavy (non-hydrogen) atoms. The van der Waals surface area contributed by atoms with Crippen LogP contribution in [0.3, 0.4) is 0 Å². The summed E-state index contributed by atoms with van der Waals surface area (Å²) in [7, 11) is 0. The zero-order valence-corrected chi connectivity index (χ0v) is 11.9. The van der Waals surface area contributed by atoms with Crippen LogP contribution in [-0.2, 0) is 6.54 Å². The van der Waals surface area contributed by atoms with E-state index >= 15 is 0 Å². The molecule has 0 unspecified atom stereocenters. The second kappa shape index (κ2) is 7.00. The van der Waals surface area contributed by atoms with Gasteiger partial charge in [-0.05, 0) is 19.1 Å². The highest BCUT2D eigenvalue weighted by Crippen LogP contribution is 2.20. The maximum Gasteiger partial charge on any atom is 0.178 e. The summed E-state index contributed by atoms with van der Waals surface area (Å²) in [5.41, 5.74) is 1.98. The summed E-state index contributed by atoms with van der Waals surface area (Å²) in [6, 6.07) is 10.1. The zero-order valence-electron chi connectivity index (χ0n) is 11.9. The number of aryl methyl sites for hydroxylation is 1. The fourth-order valence-electron chi connectivity index (χ4n) is 1.96. The fraction of sp³-hybridized carbons (Fsp3) is 0.438. The molecule has 2 heteroatoms. The maximum absolute atomic E-state index is 11.7. The molecule has 0 fully saturated rings. The van der Waals surface area contributed by atoms with Gasteiger partial charge in [-0.1, -0.05) is 45.4 Å². The zero-order chi connectivity index (χ0) is 13.5. The number of rotatable bonds is 3. The number of benzene rings is 1. The highest BCUT2D eigenvalue weighted by Gasteiger charge is 2.11. The molecule has 0 N–H and O–H groups in total. The number of fused-ring (bicyclic) bond motifs is 1. The minimum absolute atomic E-state index is 0.216. The molecule has 0 atom stereocenters. The molecule has 0 radical (unpaired) electrons. The number of ketones is 1. The Morgan fingerprint density at radius 3 is 2.28 bits per heavy atom. The van der Waals surface area contributed by atoms with E-state index in [1.807, 2.05) is 31.2 Å². The Balaban J connectivity index is 0.000000492. The minimum Gasteiger partial charge on any atom is -0.338 e. The van der Waals surface area contributed by atoms with E-state index in [-0.39, 0.29) is 5.78 Å². The molecule has 0 aliphatic carbocycles. The van der Waals surface area contributed by atoms with Crippen LogP contribution in [0, 0.1) is 0 Å². The van der Waals surface area contributed by atoms with Gasteiger partial charge in [-0.15, -0.1) is 0 Å². The number of carbonyl (C=O) groups excluding carboxylic acids is 1. The van der Waals surface area contributed by atoms with Crippen LogP contribution >= 0.6 is 0 Å². The third-order valence-corrected chi connectivity index (χ3v) is 2.73. The highest BCUT2D eigenvalue weighted by atomic mass is 16.1. The number of hydrogen-bond acceptors (Lipinski definition) is 1. The van der Waals surface area contributed by atoms with Crippen LogP contribution in [-0.4, -0.2) is 10.4 Å². The van der Waals surface area contributed by atoms with E-state index in [4.69, 9.17) is 0 Å². The van der Waals surface area contributed by atoms with Gasteiger partial charge in [0.15, 0.2) is 5.78 Å². The molecule has 2 rings (SSSR count). The molecule has 0 saturated carbocycles. The van der Waals surface area contributed by atoms with Crippen LogP contribution in [0.5, 0.6) is 0 Å². The summed E-state index contributed by atoms with van der Waals surface area (Å²) in [6.45, 7) is 9.06. The third-order valence-electron chi connectivity index (χ3n) is 2.73. The summed E-state index contributed by atoms with van der Waals surface area (Å²) in [6.07, 6.45) is 1.82. The van der Waals surface area contributed by atoms with Gasteiger partial charge < -0.3 is 4.57 Å². The standard InChI is InChI=1S/C13H15NO.C3H8/c1-3-13(15)12-9-10-7-5-6-8-11(10)14(12)4-2;1-3-2/h5-9H,3-4H2,1-2H3;3H2,1-2H3. The van der Waals surface area contributed by atoms with Crippen molar-refractivity contribution in [3.8, 4) is 0 Å². The molecule has 1 aromatic heterocycles. The molecule has 0 aliphatic rings. The molecule has 0 saturated heterocycles. The first-order valence-electron chi connectivity index (χ1n) is 6.80. The first kappa shape index (κ1) is 14.5. The molecule has 0 amide bonds. The Kier molecular flexibility index (Phi) is 5.63. The van der Waals surface area contributed by atoms with E-state index in [9.17, 15) is 4.79 Å². The van der Waals surface area contributed by atoms with Crippen molar-refractivity contribution in [3.05, 3.63) is 36.0 Å². The van der Waals surface area contributed by atoms with Gasteiger partial charge in [0.1, 0.15) is 0 Å². The van der Waals surface area contributed by atoms with Crippen LogP contribution in [0.2, 0.25) is 0 Å². The lowest BCUT2D eigenvalue weighted by atomic mass is 10.2. The lowest BCUT2D eigenvalue weighted by Crippen LogP contribution is -2.06. The van der Waals surface area contributed by atoms with E-state index in [0.29, 0.717) is 6.42 Å². The summed E-state index contributed by atoms with van der Waals surface area (Å²) in [5.74, 6) is 0.216. The minimum atomic E-state index is 0.216. The number of nitrogens with zero attached hydrogens (tertiary/aromatic N) is 1. The number of Topliss-reactive ketones (excluding diaryl/α,β-unsaturated/α-hetero) is 1. The van der Waals surface area contributed by atoms with Gasteiger partial charge in [-0.2, -0.15) is 0 Å². The van der Waals surface area contributed by atoms with Crippen molar-refractivity contribution in [1.82, 2.24) is 4.57 Å². The van der Waals surface area contributed by atoms with E-state index in [2.05, 4.69) is 31.4 Å². The predicted octanol–water partition coefficient (Wildman–Crippen LogP) is 4.67. The molecular formula is C16H23NO. The quantitative estimate of drug-likeness (QED) is 0.720. The molecule has 0 bridgehead atoms. The summed E-state index contributed by atoms with van der Waals surface area (Å²) in [5, 5.41) is 1.15. The van der Waals surface area contributed by atoms with Crippen LogP contribution in [0.15, 0.2) is 30.3 Å². The van der Waals surface area contributed by atoms with Gasteiger partial charge in [0.05, 0.1) is 5.69 Å². The van der Waals surface area contributed by atoms with Crippen molar-refractivity contribution in [2.45, 2.75) is 47.1 Å². The Labute approximate surface area is 110 Å². The number of aromatic nitrogens is 1. The highest BCUT2D eigenvalue weighted by molar-refractivity contribution is 5.99. The van der Waals surface area contributed by atoms with Crippen LogP contribution < -0.4 is 0 Å². The van der Waals surface area contributed by atoms with E-state index in [1.54, 1.807) is 0 Å². The average molecular weight is 245 g/mol. The van der Waals surface area contributed by atoms with Crippen LogP contribution in [0.1, 0.15) is 51.0 Å². The smallest absolute Gasteiger partial charge is 0.178 e. The van der Waals surface area contributed by atoms with E-state index in [0.717, 1.165) is 23.1 Å². The molecule has 98 valence electrons. The Bertz CT molecular complexity index is 511. The van der Waals surface area contributed by atoms with Gasteiger partial charge in [0.2, 0.25) is 0 Å². The lowest BCUT2D eigenvalue weighted by molar-refractivity contribution is 0.0980. The van der Waals surface area contributed by atoms with Crippen molar-refractivity contribution in [2.24, 2.45) is 0 Å². The Hall–Kier alpha value is -1.57. The largest absolute Gasteiger partial charge is 0.338 e. The van der Waals surface area contributed by atoms with Crippen LogP contribution in [0.25, 0.3) is 10.9 Å². The SMILES string of the molecule is CCC.CCC(=O)c1cc2ccccc2n1CC. The van der Waals surface area contributed by atoms with Crippen molar-refractivity contribution in [3.63, 3.8) is 0 Å². The molecule has 0 aliphatic heterocycles. The van der Waals surface area contributed by atoms with Gasteiger partial charge in [-0.3, -0.25) is 4.79 Å². The predicted molar refractivity (Wildman–Crippen MR) is 78.2 cm³/mol. The molecule has 0 spiro atoms. The number of hydrogen-bond donors (Lipinski definition) is 0. The molecule has 1 heterocycles. The number of carbonyl (C=O) groups is 1. The molecule has 2 nitrogen and oxygen atoms in total. The fourth-order valence-corrected chi connectivity index (χ4v) is 1.96. The average Bonchev–Trinajstić information content (AvgIpc) is 2.77. The lowest BCUT2D eigenvalue weighted by Gasteiger charge is -2.05. The molecular weight excluding hydrogens is 222 g/mol. The van der Waals surface area contributed by atoms with Gasteiger partial charge in [0.25, 0.3) is 0 Å². The Morgan fingerprint density at radius 2 is 1.72 bits per heavy atom. The molecule has 1 aromatic carbocycles. The van der Waals surface area contributed by atoms with Gasteiger partial charge in [0, 0.05) is 23.9 Å². The second-order valence-electron chi connectivity index (χ2n) is 4.32. The maximum atomic E-state index is 11.7. The van der Waals surface area contributed by atoms with Crippen molar-refractivity contribution in [1.29, 1.82) is 0 Å². The van der Waals surface area contributed by atoms with Crippen molar-refractivity contribution < 1.29 is 4.79 Å². The monoisotopic (exact) mass is 245 g/mol. The van der Waals surface area contributed by atoms with E-state index in [1.165, 1.54) is 6.42 Å². The van der Waals surface area contributed by atoms with Gasteiger partial charge >= 0.3 is 0 Å². The van der Waals surface area contributed by atoms with Crippen molar-refractivity contribution >= 4 is 16.7 Å². The van der Waals surface area contributed by atoms with Gasteiger partial charge in [-0.25, -0.2) is 0 Å². The second-order valence-corrected chi connectivity index (χ2v) is 4.32. The first-order chi connectivity index (χ1) is 8.69. The summed E-state index contributed by atoms with van der Waals surface area (Å²) in [4.78, 5) is 11.7. The summed E-state index contributed by atoms with van der Waals surface area (Å²) >= 11 is 0. The summed E-state index contributed by atoms with van der Waals surface area (Å²) < 4.78 is 2.08. The first-order valence-corrected chi connectivity index (χ1v) is 6.80.